The van der Waals surface area contributed by atoms with Crippen molar-refractivity contribution in [3.05, 3.63) is 83.2 Å². The molecule has 3 aromatic carbocycles. The number of benzene rings is 3. The lowest BCUT2D eigenvalue weighted by Gasteiger charge is -2.32. The molecular formula is C27H26N4O2. The molecule has 6 nitrogen and oxygen atoms in total. The molecule has 0 saturated carbocycles. The maximum atomic E-state index is 13.2. The monoisotopic (exact) mass is 438 g/mol. The van der Waals surface area contributed by atoms with E-state index in [0.717, 1.165) is 51.6 Å². The maximum Gasteiger partial charge on any atom is 0.254 e. The first-order valence-corrected chi connectivity index (χ1v) is 11.3. The van der Waals surface area contributed by atoms with Crippen molar-refractivity contribution in [1.82, 2.24) is 20.2 Å². The first kappa shape index (κ1) is 21.1. The summed E-state index contributed by atoms with van der Waals surface area (Å²) in [5.41, 5.74) is 4.58. The fraction of sp³-hybridized carbons (Fsp3) is 0.259. The number of aryl methyl sites for hydroxylation is 2. The Bertz CT molecular complexity index is 1370. The number of rotatable bonds is 3. The largest absolute Gasteiger partial charge is 0.349 e. The minimum Gasteiger partial charge on any atom is -0.349 e. The third kappa shape index (κ3) is 4.16. The van der Waals surface area contributed by atoms with Gasteiger partial charge >= 0.3 is 0 Å². The van der Waals surface area contributed by atoms with Gasteiger partial charge in [0.05, 0.1) is 22.4 Å². The number of amides is 2. The number of nitrogens with one attached hydrogen (secondary N) is 1. The standard InChI is InChI=1S/C27H26N4O2/c1-17-18(2)29-25-16-20(10-11-24(25)28-17)26(32)30-21-12-14-31(15-13-21)27(33)23-9-5-7-19-6-3-4-8-22(19)23/h3-11,16,21H,12-15H2,1-2H3,(H,30,32). The molecule has 1 fully saturated rings. The lowest BCUT2D eigenvalue weighted by Crippen LogP contribution is -2.46. The highest BCUT2D eigenvalue weighted by molar-refractivity contribution is 6.07. The lowest BCUT2D eigenvalue weighted by atomic mass is 10.0. The first-order valence-electron chi connectivity index (χ1n) is 11.3. The van der Waals surface area contributed by atoms with Gasteiger partial charge in [-0.3, -0.25) is 9.59 Å². The van der Waals surface area contributed by atoms with Crippen molar-refractivity contribution in [3.63, 3.8) is 0 Å². The summed E-state index contributed by atoms with van der Waals surface area (Å²) in [7, 11) is 0. The molecule has 0 aliphatic carbocycles. The van der Waals surface area contributed by atoms with Crippen molar-refractivity contribution in [3.8, 4) is 0 Å². The van der Waals surface area contributed by atoms with Gasteiger partial charge in [-0.15, -0.1) is 0 Å². The van der Waals surface area contributed by atoms with Gasteiger partial charge in [0, 0.05) is 30.3 Å². The Kier molecular flexibility index (Phi) is 5.50. The molecule has 0 atom stereocenters. The summed E-state index contributed by atoms with van der Waals surface area (Å²) in [6.07, 6.45) is 1.46. The SMILES string of the molecule is Cc1nc2ccc(C(=O)NC3CCN(C(=O)c4cccc5ccccc45)CC3)cc2nc1C. The summed E-state index contributed by atoms with van der Waals surface area (Å²) < 4.78 is 0. The molecule has 0 bridgehead atoms. The quantitative estimate of drug-likeness (QED) is 0.513. The van der Waals surface area contributed by atoms with Gasteiger partial charge < -0.3 is 10.2 Å². The number of fused-ring (bicyclic) bond motifs is 2. The van der Waals surface area contributed by atoms with Crippen molar-refractivity contribution in [2.45, 2.75) is 32.7 Å². The van der Waals surface area contributed by atoms with Crippen molar-refractivity contribution in [2.24, 2.45) is 0 Å². The van der Waals surface area contributed by atoms with E-state index in [-0.39, 0.29) is 17.9 Å². The second-order valence-corrected chi connectivity index (χ2v) is 8.66. The Morgan fingerprint density at radius 3 is 2.36 bits per heavy atom. The van der Waals surface area contributed by atoms with Crippen LogP contribution in [0, 0.1) is 13.8 Å². The molecular weight excluding hydrogens is 412 g/mol. The van der Waals surface area contributed by atoms with Crippen LogP contribution in [0.3, 0.4) is 0 Å². The second-order valence-electron chi connectivity index (χ2n) is 8.66. The zero-order valence-corrected chi connectivity index (χ0v) is 18.8. The molecule has 166 valence electrons. The fourth-order valence-electron chi connectivity index (χ4n) is 4.45. The number of carbonyl (C=O) groups is 2. The zero-order chi connectivity index (χ0) is 22.9. The maximum absolute atomic E-state index is 13.2. The molecule has 0 unspecified atom stereocenters. The Morgan fingerprint density at radius 1 is 0.879 bits per heavy atom. The highest BCUT2D eigenvalue weighted by atomic mass is 16.2. The van der Waals surface area contributed by atoms with Crippen LogP contribution < -0.4 is 5.32 Å². The third-order valence-electron chi connectivity index (χ3n) is 6.47. The van der Waals surface area contributed by atoms with E-state index < -0.39 is 0 Å². The smallest absolute Gasteiger partial charge is 0.254 e. The summed E-state index contributed by atoms with van der Waals surface area (Å²) in [4.78, 5) is 37.0. The highest BCUT2D eigenvalue weighted by Crippen LogP contribution is 2.22. The normalized spacial score (nSPS) is 14.5. The summed E-state index contributed by atoms with van der Waals surface area (Å²) in [5.74, 6) is -0.0638. The van der Waals surface area contributed by atoms with Crippen molar-refractivity contribution < 1.29 is 9.59 Å². The van der Waals surface area contributed by atoms with Gasteiger partial charge in [0.1, 0.15) is 0 Å². The van der Waals surface area contributed by atoms with Crippen LogP contribution in [-0.4, -0.2) is 45.8 Å². The molecule has 0 radical (unpaired) electrons. The Morgan fingerprint density at radius 2 is 1.58 bits per heavy atom. The van der Waals surface area contributed by atoms with Crippen LogP contribution in [0.4, 0.5) is 0 Å². The van der Waals surface area contributed by atoms with Crippen LogP contribution in [0.2, 0.25) is 0 Å². The van der Waals surface area contributed by atoms with Gasteiger partial charge in [-0.2, -0.15) is 0 Å². The minimum absolute atomic E-state index is 0.0376. The van der Waals surface area contributed by atoms with E-state index in [4.69, 9.17) is 0 Å². The average molecular weight is 439 g/mol. The lowest BCUT2D eigenvalue weighted by molar-refractivity contribution is 0.0700. The van der Waals surface area contributed by atoms with Crippen molar-refractivity contribution >= 4 is 33.6 Å². The van der Waals surface area contributed by atoms with Crippen LogP contribution in [0.25, 0.3) is 21.8 Å². The molecule has 1 aliphatic rings. The molecule has 1 aliphatic heterocycles. The van der Waals surface area contributed by atoms with Gasteiger partial charge in [0.25, 0.3) is 11.8 Å². The van der Waals surface area contributed by atoms with Crippen LogP contribution >= 0.6 is 0 Å². The number of likely N-dealkylation sites (tertiary alicyclic amines) is 1. The molecule has 0 spiro atoms. The van der Waals surface area contributed by atoms with E-state index in [1.807, 2.05) is 67.3 Å². The molecule has 5 rings (SSSR count). The summed E-state index contributed by atoms with van der Waals surface area (Å²) in [6.45, 7) is 5.09. The molecule has 1 aromatic heterocycles. The number of hydrogen-bond acceptors (Lipinski definition) is 4. The minimum atomic E-state index is -0.115. The van der Waals surface area contributed by atoms with Crippen LogP contribution in [0.5, 0.6) is 0 Å². The topological polar surface area (TPSA) is 75.2 Å². The molecule has 33 heavy (non-hydrogen) atoms. The number of piperidine rings is 1. The van der Waals surface area contributed by atoms with Gasteiger partial charge in [0.15, 0.2) is 0 Å². The van der Waals surface area contributed by atoms with Crippen molar-refractivity contribution in [1.29, 1.82) is 0 Å². The fourth-order valence-corrected chi connectivity index (χ4v) is 4.45. The van der Waals surface area contributed by atoms with Gasteiger partial charge in [-0.1, -0.05) is 36.4 Å². The number of hydrogen-bond donors (Lipinski definition) is 1. The Balaban J connectivity index is 1.24. The Hall–Kier alpha value is -3.80. The molecule has 2 heterocycles. The van der Waals surface area contributed by atoms with Crippen LogP contribution in [0.1, 0.15) is 44.9 Å². The summed E-state index contributed by atoms with van der Waals surface area (Å²) in [6, 6.07) is 19.3. The molecule has 2 amide bonds. The number of aromatic nitrogens is 2. The van der Waals surface area contributed by atoms with Crippen molar-refractivity contribution in [2.75, 3.05) is 13.1 Å². The zero-order valence-electron chi connectivity index (χ0n) is 18.8. The van der Waals surface area contributed by atoms with E-state index in [1.165, 1.54) is 0 Å². The summed E-state index contributed by atoms with van der Waals surface area (Å²) >= 11 is 0. The van der Waals surface area contributed by atoms with Gasteiger partial charge in [0.2, 0.25) is 0 Å². The first-order chi connectivity index (χ1) is 16.0. The summed E-state index contributed by atoms with van der Waals surface area (Å²) in [5, 5.41) is 5.17. The van der Waals surface area contributed by atoms with Gasteiger partial charge in [-0.05, 0) is 61.7 Å². The molecule has 1 N–H and O–H groups in total. The van der Waals surface area contributed by atoms with Crippen LogP contribution in [-0.2, 0) is 0 Å². The van der Waals surface area contributed by atoms with E-state index in [1.54, 1.807) is 12.1 Å². The van der Waals surface area contributed by atoms with Gasteiger partial charge in [-0.25, -0.2) is 9.97 Å². The highest BCUT2D eigenvalue weighted by Gasteiger charge is 2.25. The molecule has 6 heteroatoms. The average Bonchev–Trinajstić information content (AvgIpc) is 2.84. The Labute approximate surface area is 192 Å². The number of carbonyl (C=O) groups excluding carboxylic acids is 2. The van der Waals surface area contributed by atoms with Crippen LogP contribution in [0.15, 0.2) is 60.7 Å². The predicted molar refractivity (Wildman–Crippen MR) is 129 cm³/mol. The van der Waals surface area contributed by atoms with E-state index in [0.29, 0.717) is 18.7 Å². The van der Waals surface area contributed by atoms with E-state index in [9.17, 15) is 9.59 Å². The van der Waals surface area contributed by atoms with E-state index in [2.05, 4.69) is 15.3 Å². The molecule has 1 saturated heterocycles. The molecule has 4 aromatic rings. The third-order valence-corrected chi connectivity index (χ3v) is 6.47. The number of nitrogens with zero attached hydrogens (tertiary/aromatic N) is 3. The predicted octanol–water partition coefficient (Wildman–Crippen LogP) is 4.43. The second kappa shape index (κ2) is 8.62. The van der Waals surface area contributed by atoms with E-state index >= 15 is 0 Å².